The van der Waals surface area contributed by atoms with E-state index in [1.807, 2.05) is 6.92 Å². The Morgan fingerprint density at radius 3 is 2.31 bits per heavy atom. The molecule has 0 aliphatic rings. The molecule has 1 atom stereocenters. The number of nitrogens with one attached hydrogen (secondary N) is 1. The summed E-state index contributed by atoms with van der Waals surface area (Å²) in [7, 11) is -2.40. The van der Waals surface area contributed by atoms with Crippen LogP contribution < -0.4 is 14.4 Å². The van der Waals surface area contributed by atoms with E-state index in [-0.39, 0.29) is 31.0 Å². The third-order valence-corrected chi connectivity index (χ3v) is 6.05. The van der Waals surface area contributed by atoms with E-state index in [0.29, 0.717) is 11.4 Å². The summed E-state index contributed by atoms with van der Waals surface area (Å²) in [5.41, 5.74) is 1.32. The Bertz CT molecular complexity index is 898. The molecular weight excluding hydrogens is 396 g/mol. The Morgan fingerprint density at radius 1 is 1.14 bits per heavy atom. The summed E-state index contributed by atoms with van der Waals surface area (Å²) >= 11 is 0. The number of methoxy groups -OCH3 is 1. The van der Waals surface area contributed by atoms with Gasteiger partial charge in [-0.3, -0.25) is 9.10 Å². The van der Waals surface area contributed by atoms with Gasteiger partial charge < -0.3 is 20.3 Å². The first-order valence-electron chi connectivity index (χ1n) is 9.08. The average Bonchev–Trinajstić information content (AvgIpc) is 2.69. The number of aliphatic carboxylic acids is 1. The summed E-state index contributed by atoms with van der Waals surface area (Å²) in [6.45, 7) is 1.91. The minimum Gasteiger partial charge on any atom is -0.497 e. The minimum absolute atomic E-state index is 0.0589. The van der Waals surface area contributed by atoms with Gasteiger partial charge in [0.1, 0.15) is 5.75 Å². The van der Waals surface area contributed by atoms with Crippen molar-refractivity contribution in [1.29, 1.82) is 0 Å². The van der Waals surface area contributed by atoms with Gasteiger partial charge in [0.25, 0.3) is 10.0 Å². The van der Waals surface area contributed by atoms with E-state index in [4.69, 9.17) is 9.84 Å². The van der Waals surface area contributed by atoms with Crippen molar-refractivity contribution < 1.29 is 28.2 Å². The lowest BCUT2D eigenvalue weighted by Gasteiger charge is -2.27. The average molecular weight is 423 g/mol. The van der Waals surface area contributed by atoms with Crippen molar-refractivity contribution in [2.24, 2.45) is 0 Å². The van der Waals surface area contributed by atoms with Crippen LogP contribution in [0.2, 0.25) is 0 Å². The zero-order chi connectivity index (χ0) is 21.4. The zero-order valence-electron chi connectivity index (χ0n) is 16.4. The van der Waals surface area contributed by atoms with Crippen molar-refractivity contribution in [3.05, 3.63) is 54.1 Å². The van der Waals surface area contributed by atoms with Gasteiger partial charge in [-0.25, -0.2) is 8.42 Å². The molecule has 8 nitrogen and oxygen atoms in total. The molecule has 0 unspecified atom stereocenters. The lowest BCUT2D eigenvalue weighted by Crippen LogP contribution is -2.42. The number of hydrogen-bond acceptors (Lipinski definition) is 6. The number of anilines is 1. The number of hydrogen-bond donors (Lipinski definition) is 3. The monoisotopic (exact) mass is 422 g/mol. The first-order chi connectivity index (χ1) is 13.7. The highest BCUT2D eigenvalue weighted by Gasteiger charge is 2.27. The maximum atomic E-state index is 13.2. The summed E-state index contributed by atoms with van der Waals surface area (Å²) in [5, 5.41) is 21.8. The van der Waals surface area contributed by atoms with Crippen LogP contribution in [0.4, 0.5) is 5.69 Å². The molecule has 0 aliphatic heterocycles. The molecule has 0 bridgehead atoms. The number of aliphatic hydroxyl groups excluding tert-OH is 1. The van der Waals surface area contributed by atoms with Gasteiger partial charge in [-0.05, 0) is 43.3 Å². The maximum absolute atomic E-state index is 13.2. The molecule has 0 fully saturated rings. The second-order valence-corrected chi connectivity index (χ2v) is 8.41. The number of carbonyl (C=O) groups is 1. The predicted molar refractivity (Wildman–Crippen MR) is 110 cm³/mol. The lowest BCUT2D eigenvalue weighted by atomic mass is 10.2. The molecule has 29 heavy (non-hydrogen) atoms. The quantitative estimate of drug-likeness (QED) is 0.471. The van der Waals surface area contributed by atoms with Gasteiger partial charge in [-0.1, -0.05) is 17.7 Å². The number of carboxylic acids is 1. The van der Waals surface area contributed by atoms with Gasteiger partial charge in [0, 0.05) is 13.1 Å². The van der Waals surface area contributed by atoms with Crippen molar-refractivity contribution >= 4 is 21.7 Å². The van der Waals surface area contributed by atoms with Crippen molar-refractivity contribution in [2.45, 2.75) is 24.3 Å². The third-order valence-electron chi connectivity index (χ3n) is 4.24. The Kier molecular flexibility index (Phi) is 8.00. The molecule has 0 spiro atoms. The summed E-state index contributed by atoms with van der Waals surface area (Å²) in [5.74, 6) is -0.369. The van der Waals surface area contributed by atoms with Crippen LogP contribution in [0.5, 0.6) is 5.75 Å². The van der Waals surface area contributed by atoms with Crippen LogP contribution in [-0.2, 0) is 14.8 Å². The molecule has 0 radical (unpaired) electrons. The summed E-state index contributed by atoms with van der Waals surface area (Å²) < 4.78 is 32.7. The number of ether oxygens (including phenoxy) is 1. The number of rotatable bonds is 11. The fourth-order valence-electron chi connectivity index (χ4n) is 2.65. The molecule has 9 heteroatoms. The molecule has 2 rings (SSSR count). The first kappa shape index (κ1) is 22.7. The molecular formula is C20H26N2O6S. The minimum atomic E-state index is -3.92. The largest absolute Gasteiger partial charge is 0.497 e. The fourth-order valence-corrected chi connectivity index (χ4v) is 4.15. The number of sulfonamides is 1. The van der Waals surface area contributed by atoms with Crippen LogP contribution in [0.1, 0.15) is 12.0 Å². The molecule has 0 aromatic heterocycles. The van der Waals surface area contributed by atoms with E-state index in [9.17, 15) is 18.3 Å². The third kappa shape index (κ3) is 6.45. The van der Waals surface area contributed by atoms with Crippen LogP contribution in [0.15, 0.2) is 53.4 Å². The first-order valence-corrected chi connectivity index (χ1v) is 10.5. The predicted octanol–water partition coefficient (Wildman–Crippen LogP) is 1.62. The molecule has 0 heterocycles. The molecule has 0 aliphatic carbocycles. The normalized spacial score (nSPS) is 12.4. The van der Waals surface area contributed by atoms with Crippen LogP contribution in [0.25, 0.3) is 0 Å². The van der Waals surface area contributed by atoms with E-state index in [2.05, 4.69) is 5.32 Å². The van der Waals surface area contributed by atoms with Crippen molar-refractivity contribution in [3.63, 3.8) is 0 Å². The van der Waals surface area contributed by atoms with E-state index < -0.39 is 22.1 Å². The maximum Gasteiger partial charge on any atom is 0.304 e. The summed E-state index contributed by atoms with van der Waals surface area (Å²) in [6.07, 6.45) is -1.12. The van der Waals surface area contributed by atoms with Gasteiger partial charge in [0.05, 0.1) is 36.8 Å². The number of aliphatic hydroxyl groups is 1. The van der Waals surface area contributed by atoms with Crippen LogP contribution >= 0.6 is 0 Å². The highest BCUT2D eigenvalue weighted by atomic mass is 32.2. The van der Waals surface area contributed by atoms with Gasteiger partial charge in [-0.15, -0.1) is 0 Å². The van der Waals surface area contributed by atoms with Crippen LogP contribution in [-0.4, -0.2) is 57.4 Å². The second-order valence-electron chi connectivity index (χ2n) is 6.55. The van der Waals surface area contributed by atoms with Gasteiger partial charge >= 0.3 is 5.97 Å². The number of benzene rings is 2. The lowest BCUT2D eigenvalue weighted by molar-refractivity contribution is -0.136. The Hall–Kier alpha value is -2.62. The van der Waals surface area contributed by atoms with Crippen molar-refractivity contribution in [3.8, 4) is 5.75 Å². The van der Waals surface area contributed by atoms with Gasteiger partial charge in [-0.2, -0.15) is 0 Å². The molecule has 158 valence electrons. The number of nitrogens with zero attached hydrogens (tertiary/aromatic N) is 1. The molecule has 2 aromatic carbocycles. The van der Waals surface area contributed by atoms with Crippen molar-refractivity contribution in [1.82, 2.24) is 5.32 Å². The van der Waals surface area contributed by atoms with Gasteiger partial charge in [0.2, 0.25) is 0 Å². The topological polar surface area (TPSA) is 116 Å². The molecule has 2 aromatic rings. The molecule has 0 saturated heterocycles. The smallest absolute Gasteiger partial charge is 0.304 e. The zero-order valence-corrected chi connectivity index (χ0v) is 17.2. The Morgan fingerprint density at radius 2 is 1.76 bits per heavy atom. The van der Waals surface area contributed by atoms with Crippen molar-refractivity contribution in [2.75, 3.05) is 31.0 Å². The number of aryl methyl sites for hydroxylation is 1. The Balaban J connectivity index is 2.25. The SMILES string of the molecule is COc1ccc(N(C[C@H](O)CNCCC(=O)O)S(=O)(=O)c2ccc(C)cc2)cc1. The van der Waals surface area contributed by atoms with Crippen LogP contribution in [0.3, 0.4) is 0 Å². The molecule has 3 N–H and O–H groups in total. The fraction of sp³-hybridized carbons (Fsp3) is 0.350. The summed E-state index contributed by atoms with van der Waals surface area (Å²) in [6, 6.07) is 13.0. The Labute approximate surface area is 170 Å². The van der Waals surface area contributed by atoms with E-state index in [1.54, 1.807) is 36.4 Å². The van der Waals surface area contributed by atoms with Gasteiger partial charge in [0.15, 0.2) is 0 Å². The highest BCUT2D eigenvalue weighted by molar-refractivity contribution is 7.92. The molecule has 0 amide bonds. The molecule has 0 saturated carbocycles. The van der Waals surface area contributed by atoms with E-state index in [1.165, 1.54) is 19.2 Å². The van der Waals surface area contributed by atoms with E-state index in [0.717, 1.165) is 9.87 Å². The van der Waals surface area contributed by atoms with E-state index >= 15 is 0 Å². The standard InChI is InChI=1S/C20H26N2O6S/c1-15-3-9-19(10-4-15)29(26,27)22(16-5-7-18(28-2)8-6-16)14-17(23)13-21-12-11-20(24)25/h3-10,17,21,23H,11-14H2,1-2H3,(H,24,25)/t17-/m1/s1. The number of carboxylic acid groups (broad SMARTS) is 1. The summed E-state index contributed by atoms with van der Waals surface area (Å²) in [4.78, 5) is 10.7. The highest BCUT2D eigenvalue weighted by Crippen LogP contribution is 2.26. The van der Waals surface area contributed by atoms with Crippen LogP contribution in [0, 0.1) is 6.92 Å². The second kappa shape index (κ2) is 10.2.